The molecule has 0 spiro atoms. The van der Waals surface area contributed by atoms with E-state index in [0.717, 1.165) is 35.8 Å². The number of benzene rings is 1. The molecule has 2 rings (SSSR count). The molecule has 3 N–H and O–H groups in total. The summed E-state index contributed by atoms with van der Waals surface area (Å²) >= 11 is 6.08. The molecule has 1 aliphatic rings. The summed E-state index contributed by atoms with van der Waals surface area (Å²) in [7, 11) is 0. The van der Waals surface area contributed by atoms with E-state index in [1.165, 1.54) is 19.4 Å². The Morgan fingerprint density at radius 3 is 2.96 bits per heavy atom. The molecule has 0 amide bonds. The van der Waals surface area contributed by atoms with Crippen molar-refractivity contribution in [3.8, 4) is 5.75 Å². The van der Waals surface area contributed by atoms with Gasteiger partial charge >= 0.3 is 0 Å². The van der Waals surface area contributed by atoms with Gasteiger partial charge in [-0.3, -0.25) is 9.89 Å². The molecule has 0 bridgehead atoms. The summed E-state index contributed by atoms with van der Waals surface area (Å²) in [5.74, 6) is 1.39. The molecular weight excluding hydrogens is 451 g/mol. The number of halogens is 2. The Kier molecular flexibility index (Phi) is 10.5. The Balaban J connectivity index is 0.00000312. The van der Waals surface area contributed by atoms with Gasteiger partial charge in [0.25, 0.3) is 0 Å². The van der Waals surface area contributed by atoms with Crippen LogP contribution in [0, 0.1) is 0 Å². The van der Waals surface area contributed by atoms with E-state index in [0.29, 0.717) is 25.2 Å². The van der Waals surface area contributed by atoms with Crippen molar-refractivity contribution in [1.29, 1.82) is 0 Å². The van der Waals surface area contributed by atoms with Crippen molar-refractivity contribution in [2.75, 3.05) is 32.8 Å². The van der Waals surface area contributed by atoms with Crippen LogP contribution in [0.1, 0.15) is 32.3 Å². The van der Waals surface area contributed by atoms with Crippen molar-refractivity contribution in [2.24, 2.45) is 10.7 Å². The number of nitrogens with zero attached hydrogens (tertiary/aromatic N) is 2. The number of likely N-dealkylation sites (N-methyl/N-ethyl adjacent to an activating group) is 1. The fraction of sp³-hybridized carbons (Fsp3) is 0.611. The molecule has 25 heavy (non-hydrogen) atoms. The zero-order chi connectivity index (χ0) is 17.4. The molecule has 1 saturated heterocycles. The summed E-state index contributed by atoms with van der Waals surface area (Å²) in [6.07, 6.45) is 3.26. The van der Waals surface area contributed by atoms with E-state index in [2.05, 4.69) is 22.1 Å². The maximum absolute atomic E-state index is 6.08. The van der Waals surface area contributed by atoms with Crippen molar-refractivity contribution in [2.45, 2.75) is 39.2 Å². The molecule has 1 atom stereocenters. The van der Waals surface area contributed by atoms with Crippen LogP contribution in [0.3, 0.4) is 0 Å². The molecule has 0 aromatic heterocycles. The van der Waals surface area contributed by atoms with Crippen molar-refractivity contribution in [3.05, 3.63) is 28.8 Å². The van der Waals surface area contributed by atoms with Gasteiger partial charge < -0.3 is 15.8 Å². The highest BCUT2D eigenvalue weighted by Crippen LogP contribution is 2.23. The van der Waals surface area contributed by atoms with Gasteiger partial charge in [0.05, 0.1) is 13.2 Å². The van der Waals surface area contributed by atoms with Gasteiger partial charge in [-0.05, 0) is 63.0 Å². The molecule has 0 aliphatic carbocycles. The third kappa shape index (κ3) is 7.19. The van der Waals surface area contributed by atoms with Crippen LogP contribution in [0.2, 0.25) is 5.02 Å². The average molecular weight is 481 g/mol. The van der Waals surface area contributed by atoms with Crippen LogP contribution < -0.4 is 15.8 Å². The van der Waals surface area contributed by atoms with E-state index in [-0.39, 0.29) is 24.0 Å². The first kappa shape index (κ1) is 22.3. The van der Waals surface area contributed by atoms with Gasteiger partial charge in [-0.15, -0.1) is 24.0 Å². The lowest BCUT2D eigenvalue weighted by atomic mass is 10.1. The number of likely N-dealkylation sites (tertiary alicyclic amines) is 1. The fourth-order valence-corrected chi connectivity index (χ4v) is 3.34. The number of aliphatic imine (C=N–C) groups is 1. The molecule has 1 aromatic carbocycles. The standard InChI is InChI=1S/C18H29ClN4O.HI/c1-3-23-11-5-6-16(23)13-22-18(20)21-10-9-14-12-15(19)7-8-17(14)24-4-2;/h7-8,12,16H,3-6,9-11,13H2,1-2H3,(H3,20,21,22);1H. The van der Waals surface area contributed by atoms with Gasteiger partial charge in [0.2, 0.25) is 0 Å². The smallest absolute Gasteiger partial charge is 0.188 e. The van der Waals surface area contributed by atoms with Crippen LogP contribution in [0.15, 0.2) is 23.2 Å². The molecular formula is C18H30ClIN4O. The van der Waals surface area contributed by atoms with Crippen LogP contribution in [0.25, 0.3) is 0 Å². The Morgan fingerprint density at radius 2 is 2.24 bits per heavy atom. The Bertz CT molecular complexity index is 556. The molecule has 1 heterocycles. The van der Waals surface area contributed by atoms with Crippen LogP contribution >= 0.6 is 35.6 Å². The molecule has 1 aromatic rings. The molecule has 0 radical (unpaired) electrons. The first-order chi connectivity index (χ1) is 11.6. The van der Waals surface area contributed by atoms with Crippen LogP contribution in [-0.2, 0) is 6.42 Å². The predicted octanol–water partition coefficient (Wildman–Crippen LogP) is 3.29. The maximum Gasteiger partial charge on any atom is 0.188 e. The van der Waals surface area contributed by atoms with Gasteiger partial charge in [-0.1, -0.05) is 18.5 Å². The second-order valence-corrected chi connectivity index (χ2v) is 6.45. The number of hydrogen-bond donors (Lipinski definition) is 2. The predicted molar refractivity (Wildman–Crippen MR) is 117 cm³/mol. The Morgan fingerprint density at radius 1 is 1.44 bits per heavy atom. The van der Waals surface area contributed by atoms with Crippen molar-refractivity contribution < 1.29 is 4.74 Å². The van der Waals surface area contributed by atoms with Crippen molar-refractivity contribution in [3.63, 3.8) is 0 Å². The van der Waals surface area contributed by atoms with E-state index >= 15 is 0 Å². The minimum Gasteiger partial charge on any atom is -0.494 e. The first-order valence-corrected chi connectivity index (χ1v) is 9.20. The average Bonchev–Trinajstić information content (AvgIpc) is 3.03. The maximum atomic E-state index is 6.08. The molecule has 1 aliphatic heterocycles. The van der Waals surface area contributed by atoms with E-state index in [1.807, 2.05) is 25.1 Å². The number of nitrogens with one attached hydrogen (secondary N) is 1. The lowest BCUT2D eigenvalue weighted by Crippen LogP contribution is -2.36. The lowest BCUT2D eigenvalue weighted by molar-refractivity contribution is 0.273. The highest BCUT2D eigenvalue weighted by Gasteiger charge is 2.22. The highest BCUT2D eigenvalue weighted by atomic mass is 127. The Hall–Kier alpha value is -0.730. The lowest BCUT2D eigenvalue weighted by Gasteiger charge is -2.21. The summed E-state index contributed by atoms with van der Waals surface area (Å²) in [6.45, 7) is 8.56. The summed E-state index contributed by atoms with van der Waals surface area (Å²) in [4.78, 5) is 6.97. The van der Waals surface area contributed by atoms with E-state index in [1.54, 1.807) is 0 Å². The molecule has 0 saturated carbocycles. The second-order valence-electron chi connectivity index (χ2n) is 6.01. The Labute approximate surface area is 173 Å². The summed E-state index contributed by atoms with van der Waals surface area (Å²) in [5.41, 5.74) is 7.07. The summed E-state index contributed by atoms with van der Waals surface area (Å²) in [5, 5.41) is 3.91. The molecule has 1 unspecified atom stereocenters. The third-order valence-corrected chi connectivity index (χ3v) is 4.64. The van der Waals surface area contributed by atoms with Gasteiger partial charge in [0.15, 0.2) is 5.96 Å². The number of ether oxygens (including phenoxy) is 1. The zero-order valence-electron chi connectivity index (χ0n) is 15.1. The van der Waals surface area contributed by atoms with Gasteiger partial charge in [-0.2, -0.15) is 0 Å². The molecule has 142 valence electrons. The fourth-order valence-electron chi connectivity index (χ4n) is 3.14. The molecule has 7 heteroatoms. The number of nitrogens with two attached hydrogens (primary N) is 1. The van der Waals surface area contributed by atoms with Gasteiger partial charge in [0, 0.05) is 17.6 Å². The quantitative estimate of drug-likeness (QED) is 0.340. The first-order valence-electron chi connectivity index (χ1n) is 8.83. The molecule has 5 nitrogen and oxygen atoms in total. The van der Waals surface area contributed by atoms with E-state index in [4.69, 9.17) is 22.1 Å². The second kappa shape index (κ2) is 11.8. The number of guanidine groups is 1. The minimum absolute atomic E-state index is 0. The number of hydrogen-bond acceptors (Lipinski definition) is 3. The van der Waals surface area contributed by atoms with Gasteiger partial charge in [0.1, 0.15) is 5.75 Å². The highest BCUT2D eigenvalue weighted by molar-refractivity contribution is 14.0. The molecule has 1 fully saturated rings. The largest absolute Gasteiger partial charge is 0.494 e. The van der Waals surface area contributed by atoms with E-state index in [9.17, 15) is 0 Å². The van der Waals surface area contributed by atoms with Crippen LogP contribution in [0.4, 0.5) is 0 Å². The minimum atomic E-state index is 0. The van der Waals surface area contributed by atoms with Crippen LogP contribution in [0.5, 0.6) is 5.75 Å². The van der Waals surface area contributed by atoms with Crippen molar-refractivity contribution >= 4 is 41.5 Å². The van der Waals surface area contributed by atoms with Gasteiger partial charge in [-0.25, -0.2) is 0 Å². The van der Waals surface area contributed by atoms with E-state index < -0.39 is 0 Å². The zero-order valence-corrected chi connectivity index (χ0v) is 18.2. The monoisotopic (exact) mass is 480 g/mol. The number of rotatable bonds is 8. The summed E-state index contributed by atoms with van der Waals surface area (Å²) in [6, 6.07) is 6.24. The third-order valence-electron chi connectivity index (χ3n) is 4.40. The topological polar surface area (TPSA) is 62.9 Å². The summed E-state index contributed by atoms with van der Waals surface area (Å²) < 4.78 is 5.64. The van der Waals surface area contributed by atoms with Crippen molar-refractivity contribution in [1.82, 2.24) is 10.2 Å². The SMILES string of the molecule is CCOc1ccc(Cl)cc1CCNC(N)=NCC1CCCN1CC.I. The normalized spacial score (nSPS) is 18.0. The van der Waals surface area contributed by atoms with Crippen LogP contribution in [-0.4, -0.2) is 49.7 Å².